The lowest BCUT2D eigenvalue weighted by atomic mass is 10.0. The van der Waals surface area contributed by atoms with Gasteiger partial charge in [-0.1, -0.05) is 11.2 Å². The molecule has 0 bridgehead atoms. The zero-order chi connectivity index (χ0) is 33.6. The first-order valence-corrected chi connectivity index (χ1v) is 15.9. The van der Waals surface area contributed by atoms with Gasteiger partial charge in [-0.15, -0.1) is 23.1 Å². The summed E-state index contributed by atoms with van der Waals surface area (Å²) in [5.41, 5.74) is 13.1. The number of carboxylic acids is 2. The van der Waals surface area contributed by atoms with Crippen molar-refractivity contribution in [1.29, 1.82) is 0 Å². The van der Waals surface area contributed by atoms with Crippen molar-refractivity contribution >= 4 is 63.5 Å². The van der Waals surface area contributed by atoms with Crippen LogP contribution in [0.1, 0.15) is 35.0 Å². The second-order valence-electron chi connectivity index (χ2n) is 10.7. The number of phenolic OH excluding ortho intramolecular Hbond substituents is 2. The maximum absolute atomic E-state index is 13.5. The molecule has 47 heavy (non-hydrogen) atoms. The van der Waals surface area contributed by atoms with Crippen LogP contribution in [0.2, 0.25) is 0 Å². The van der Waals surface area contributed by atoms with Gasteiger partial charge in [-0.05, 0) is 30.0 Å². The zero-order valence-corrected chi connectivity index (χ0v) is 25.8. The molecule has 2 amide bonds. The number of phenols is 2. The summed E-state index contributed by atoms with van der Waals surface area (Å²) < 4.78 is 1.83. The van der Waals surface area contributed by atoms with Gasteiger partial charge in [-0.25, -0.2) is 14.3 Å². The lowest BCUT2D eigenvalue weighted by Gasteiger charge is -2.50. The van der Waals surface area contributed by atoms with Gasteiger partial charge in [0.1, 0.15) is 29.3 Å². The highest BCUT2D eigenvalue weighted by Crippen LogP contribution is 2.40. The van der Waals surface area contributed by atoms with Gasteiger partial charge < -0.3 is 46.8 Å². The molecule has 1 unspecified atom stereocenters. The number of hydrogen-bond donors (Lipinski definition) is 6. The lowest BCUT2D eigenvalue weighted by Crippen LogP contribution is -2.71. The predicted molar refractivity (Wildman–Crippen MR) is 162 cm³/mol. The van der Waals surface area contributed by atoms with E-state index in [-0.39, 0.29) is 34.4 Å². The van der Waals surface area contributed by atoms with E-state index in [0.29, 0.717) is 11.4 Å². The average Bonchev–Trinajstić information content (AvgIpc) is 3.70. The number of aromatic hydroxyl groups is 2. The van der Waals surface area contributed by atoms with E-state index in [2.05, 4.69) is 20.4 Å². The third-order valence-electron chi connectivity index (χ3n) is 7.82. The molecule has 6 rings (SSSR count). The summed E-state index contributed by atoms with van der Waals surface area (Å²) in [6.07, 6.45) is 2.14. The van der Waals surface area contributed by atoms with E-state index in [1.54, 1.807) is 6.33 Å². The molecule has 1 aliphatic carbocycles. The fourth-order valence-corrected chi connectivity index (χ4v) is 7.49. The van der Waals surface area contributed by atoms with E-state index in [4.69, 9.17) is 16.3 Å². The molecule has 3 aromatic rings. The second kappa shape index (κ2) is 12.4. The van der Waals surface area contributed by atoms with Crippen molar-refractivity contribution in [3.8, 4) is 11.5 Å². The van der Waals surface area contributed by atoms with Crippen LogP contribution in [0.25, 0.3) is 0 Å². The summed E-state index contributed by atoms with van der Waals surface area (Å²) >= 11 is 2.20. The highest BCUT2D eigenvalue weighted by atomic mass is 32.2. The molecule has 0 spiro atoms. The molecule has 8 N–H and O–H groups in total. The van der Waals surface area contributed by atoms with E-state index in [1.165, 1.54) is 23.2 Å². The molecule has 2 aliphatic heterocycles. The minimum atomic E-state index is -1.82. The Morgan fingerprint density at radius 3 is 2.70 bits per heavy atom. The Hall–Kier alpha value is -5.43. The Morgan fingerprint density at radius 1 is 1.23 bits per heavy atom. The number of nitrogens with zero attached hydrogens (tertiary/aromatic N) is 5. The molecule has 1 aromatic carbocycles. The number of β-lactam (4-membered cyclic amide) rings is 1. The van der Waals surface area contributed by atoms with Gasteiger partial charge in [0.2, 0.25) is 11.9 Å². The van der Waals surface area contributed by atoms with Crippen LogP contribution in [0.5, 0.6) is 11.5 Å². The Balaban J connectivity index is 1.23. The van der Waals surface area contributed by atoms with Crippen molar-refractivity contribution in [2.24, 2.45) is 5.16 Å². The first kappa shape index (κ1) is 31.5. The molecular formula is C28H26N8O9S2. The van der Waals surface area contributed by atoms with Gasteiger partial charge in [0.15, 0.2) is 22.3 Å². The monoisotopic (exact) mass is 682 g/mol. The molecule has 3 atom stereocenters. The van der Waals surface area contributed by atoms with E-state index in [9.17, 15) is 39.6 Å². The number of aromatic nitrogens is 3. The van der Waals surface area contributed by atoms with Crippen LogP contribution in [-0.2, 0) is 43.4 Å². The normalized spacial score (nSPS) is 19.4. The largest absolute Gasteiger partial charge is 0.543 e. The molecule has 0 saturated carbocycles. The minimum absolute atomic E-state index is 0.0588. The van der Waals surface area contributed by atoms with Crippen LogP contribution in [0.4, 0.5) is 10.9 Å². The number of nitrogens with two attached hydrogens (primary N) is 2. The molecule has 0 radical (unpaired) electrons. The first-order valence-electron chi connectivity index (χ1n) is 14.0. The molecule has 4 heterocycles. The van der Waals surface area contributed by atoms with Gasteiger partial charge in [0.25, 0.3) is 18.1 Å². The Kier molecular flexibility index (Phi) is 8.32. The number of aliphatic carboxylic acids is 2. The van der Waals surface area contributed by atoms with Gasteiger partial charge in [-0.2, -0.15) is 0 Å². The fraction of sp³-hybridized carbons (Fsp3) is 0.286. The second-order valence-corrected chi connectivity index (χ2v) is 12.7. The summed E-state index contributed by atoms with van der Waals surface area (Å²) in [6, 6.07) is 2.01. The maximum atomic E-state index is 13.5. The van der Waals surface area contributed by atoms with Crippen LogP contribution in [0.3, 0.4) is 0 Å². The van der Waals surface area contributed by atoms with Crippen molar-refractivity contribution in [2.45, 2.75) is 43.3 Å². The Bertz CT molecular complexity index is 1890. The number of rotatable bonds is 10. The molecule has 3 aliphatic rings. The number of nitrogen functional groups attached to an aromatic ring is 2. The number of carboxylic acid groups (broad SMARTS) is 2. The smallest absolute Gasteiger partial charge is 0.352 e. The number of fused-ring (bicyclic) bond motifs is 2. The summed E-state index contributed by atoms with van der Waals surface area (Å²) in [6.45, 7) is 0.155. The minimum Gasteiger partial charge on any atom is -0.543 e. The predicted octanol–water partition coefficient (Wildman–Crippen LogP) is -1.46. The molecule has 19 heteroatoms. The lowest BCUT2D eigenvalue weighted by molar-refractivity contribution is -0.698. The van der Waals surface area contributed by atoms with E-state index >= 15 is 0 Å². The van der Waals surface area contributed by atoms with Gasteiger partial charge in [0, 0.05) is 28.7 Å². The number of thiazole rings is 1. The number of hydrogen-bond acceptors (Lipinski definition) is 15. The highest BCUT2D eigenvalue weighted by Gasteiger charge is 2.53. The van der Waals surface area contributed by atoms with Gasteiger partial charge in [-0.3, -0.25) is 14.5 Å². The summed E-state index contributed by atoms with van der Waals surface area (Å²) in [7, 11) is 0. The number of anilines is 2. The van der Waals surface area contributed by atoms with Crippen LogP contribution in [-0.4, -0.2) is 76.8 Å². The third kappa shape index (κ3) is 5.85. The Labute approximate surface area is 273 Å². The number of amides is 2. The van der Waals surface area contributed by atoms with Crippen molar-refractivity contribution in [3.05, 3.63) is 63.7 Å². The quantitative estimate of drug-likeness (QED) is 0.0469. The highest BCUT2D eigenvalue weighted by molar-refractivity contribution is 8.00. The van der Waals surface area contributed by atoms with Crippen LogP contribution in [0.15, 0.2) is 46.3 Å². The van der Waals surface area contributed by atoms with Crippen LogP contribution < -0.4 is 26.5 Å². The average molecular weight is 683 g/mol. The number of thioether (sulfide) groups is 1. The summed E-state index contributed by atoms with van der Waals surface area (Å²) in [5.74, 6) is -5.22. The maximum Gasteiger partial charge on any atom is 0.352 e. The number of carbonyl (C=O) groups is 4. The number of nitrogens with one attached hydrogen (secondary N) is 1. The summed E-state index contributed by atoms with van der Waals surface area (Å²) in [4.78, 5) is 65.6. The van der Waals surface area contributed by atoms with E-state index in [0.717, 1.165) is 58.9 Å². The van der Waals surface area contributed by atoms with E-state index < -0.39 is 58.5 Å². The Morgan fingerprint density at radius 2 is 2.02 bits per heavy atom. The standard InChI is InChI=1S/C28H26N8O9S2/c29-22-13-2-1-3-15(13)35(10-31-22)7-12-8-46-25-19(24(40)36(25)20(12)26(41)42)33-23(39)18(14-9-47-28(30)32-14)34-45-21(27(43)44)11-4-5-16(37)17(38)6-11/h4-6,9-10,19,21,25,29H,1-3,7-8H2,(H7,30,32,33,34,37,38,39,41,42,43,44)/t19-,21?,25-/m1/s1. The molecule has 244 valence electrons. The number of benzene rings is 1. The fourth-order valence-electron chi connectivity index (χ4n) is 5.60. The summed E-state index contributed by atoms with van der Waals surface area (Å²) in [5, 5.41) is 48.3. The van der Waals surface area contributed by atoms with E-state index in [1.807, 2.05) is 4.57 Å². The molecule has 2 aromatic heterocycles. The topological polar surface area (TPSA) is 271 Å². The third-order valence-corrected chi connectivity index (χ3v) is 9.84. The van der Waals surface area contributed by atoms with Crippen LogP contribution >= 0.6 is 23.1 Å². The van der Waals surface area contributed by atoms with Crippen LogP contribution in [0, 0.1) is 0 Å². The molecule has 17 nitrogen and oxygen atoms in total. The van der Waals surface area contributed by atoms with Gasteiger partial charge >= 0.3 is 5.97 Å². The molecular weight excluding hydrogens is 656 g/mol. The first-order chi connectivity index (χ1) is 22.4. The van der Waals surface area contributed by atoms with Crippen molar-refractivity contribution in [2.75, 3.05) is 17.2 Å². The van der Waals surface area contributed by atoms with Crippen molar-refractivity contribution in [3.63, 3.8) is 0 Å². The van der Waals surface area contributed by atoms with Crippen molar-refractivity contribution < 1.29 is 49.0 Å². The van der Waals surface area contributed by atoms with Crippen molar-refractivity contribution in [1.82, 2.24) is 20.2 Å². The number of oxime groups is 1. The zero-order valence-electron chi connectivity index (χ0n) is 24.2. The number of carbonyl (C=O) groups excluding carboxylic acids is 3. The van der Waals surface area contributed by atoms with Gasteiger partial charge in [0.05, 0.1) is 17.2 Å². The molecule has 1 saturated heterocycles. The molecule has 1 fully saturated rings. The SMILES string of the molecule is Nc1nc(/C(=N/OC(C(=O)O)c2ccc(O)c(O)c2)C(=O)N[C@@H]2C(=O)N3C(C(=O)[O-])=C(C[n+]4cnc(N)c5c4CCC5)CS[C@H]23)cs1.